The van der Waals surface area contributed by atoms with Gasteiger partial charge in [-0.3, -0.25) is 9.89 Å². The fraction of sp³-hybridized carbons (Fsp3) is 0.0833. The molecule has 1 aromatic heterocycles. The van der Waals surface area contributed by atoms with E-state index in [2.05, 4.69) is 10.2 Å². The number of hydrogen-bond donors (Lipinski definition) is 2. The maximum atomic E-state index is 11.8. The number of fused-ring (bicyclic) bond motifs is 1. The van der Waals surface area contributed by atoms with Crippen molar-refractivity contribution in [2.75, 3.05) is 12.6 Å². The number of benzene rings is 1. The molecule has 3 rings (SSSR count). The Bertz CT molecular complexity index is 809. The Morgan fingerprint density at radius 3 is 3.00 bits per heavy atom. The molecule has 0 radical (unpaired) electrons. The quantitative estimate of drug-likeness (QED) is 0.630. The smallest absolute Gasteiger partial charge is 0.298 e. The second-order valence-corrected chi connectivity index (χ2v) is 4.42. The number of rotatable bonds is 2. The van der Waals surface area contributed by atoms with Gasteiger partial charge in [0.15, 0.2) is 17.2 Å². The third kappa shape index (κ3) is 2.16. The maximum Gasteiger partial charge on any atom is 0.298 e. The van der Waals surface area contributed by atoms with Gasteiger partial charge in [-0.1, -0.05) is 12.1 Å². The average Bonchev–Trinajstić information content (AvgIpc) is 2.91. The van der Waals surface area contributed by atoms with E-state index in [0.29, 0.717) is 11.5 Å². The van der Waals surface area contributed by atoms with E-state index >= 15 is 0 Å². The minimum absolute atomic E-state index is 0.0650. The minimum Gasteiger partial charge on any atom is -0.454 e. The third-order valence-corrected chi connectivity index (χ3v) is 3.05. The number of ether oxygens (including phenoxy) is 2. The first-order valence-corrected chi connectivity index (χ1v) is 6.10. The van der Waals surface area contributed by atoms with E-state index in [-0.39, 0.29) is 17.3 Å². The molecule has 0 amide bonds. The summed E-state index contributed by atoms with van der Waals surface area (Å²) in [6, 6.07) is 5.45. The molecule has 0 aliphatic carbocycles. The average molecular weight is 290 g/mol. The first-order valence-electron chi connectivity index (χ1n) is 5.70. The fourth-order valence-corrected chi connectivity index (χ4v) is 1.85. The highest BCUT2D eigenvalue weighted by atomic mass is 32.1. The van der Waals surface area contributed by atoms with Crippen LogP contribution in [0.1, 0.15) is 11.3 Å². The molecule has 0 bridgehead atoms. The molecule has 0 atom stereocenters. The van der Waals surface area contributed by atoms with Crippen LogP contribution in [0.25, 0.3) is 12.2 Å². The van der Waals surface area contributed by atoms with E-state index in [9.17, 15) is 4.79 Å². The predicted octanol–water partition coefficient (Wildman–Crippen LogP) is 0.914. The van der Waals surface area contributed by atoms with Crippen LogP contribution in [0.3, 0.4) is 0 Å². The molecular formula is C12H10N4O3S. The molecule has 0 saturated carbocycles. The van der Waals surface area contributed by atoms with E-state index in [4.69, 9.17) is 27.5 Å². The third-order valence-electron chi connectivity index (χ3n) is 2.76. The molecule has 2 heterocycles. The number of aromatic nitrogens is 3. The van der Waals surface area contributed by atoms with Gasteiger partial charge < -0.3 is 15.3 Å². The summed E-state index contributed by atoms with van der Waals surface area (Å²) in [6.07, 6.45) is 3.27. The standard InChI is InChI=1S/C12H10N4O3S/c13-16-11(17)8(14-15-12(16)20)3-1-7-2-4-9-10(5-7)19-6-18-9/h1-5H,6,13H2,(H,15,20). The van der Waals surface area contributed by atoms with Crippen molar-refractivity contribution in [1.82, 2.24) is 14.9 Å². The van der Waals surface area contributed by atoms with Gasteiger partial charge >= 0.3 is 0 Å². The van der Waals surface area contributed by atoms with Crippen LogP contribution in [0, 0.1) is 4.77 Å². The number of nitrogen functional groups attached to an aromatic ring is 1. The lowest BCUT2D eigenvalue weighted by atomic mass is 10.2. The summed E-state index contributed by atoms with van der Waals surface area (Å²) in [6.45, 7) is 0.219. The van der Waals surface area contributed by atoms with Gasteiger partial charge in [-0.2, -0.15) is 9.77 Å². The summed E-state index contributed by atoms with van der Waals surface area (Å²) >= 11 is 4.80. The van der Waals surface area contributed by atoms with Crippen LogP contribution < -0.4 is 20.9 Å². The first-order chi connectivity index (χ1) is 9.65. The summed E-state index contributed by atoms with van der Waals surface area (Å²) in [5.41, 5.74) is 0.547. The van der Waals surface area contributed by atoms with Crippen molar-refractivity contribution >= 4 is 24.4 Å². The number of nitrogens with zero attached hydrogens (tertiary/aromatic N) is 2. The van der Waals surface area contributed by atoms with Crippen molar-refractivity contribution in [1.29, 1.82) is 0 Å². The topological polar surface area (TPSA) is 95.2 Å². The minimum atomic E-state index is -0.467. The van der Waals surface area contributed by atoms with Crippen molar-refractivity contribution in [2.24, 2.45) is 0 Å². The van der Waals surface area contributed by atoms with Crippen LogP contribution in [0.5, 0.6) is 11.5 Å². The van der Waals surface area contributed by atoms with Gasteiger partial charge in [0.2, 0.25) is 11.6 Å². The van der Waals surface area contributed by atoms with E-state index in [1.54, 1.807) is 18.2 Å². The normalized spacial score (nSPS) is 13.0. The van der Waals surface area contributed by atoms with Crippen molar-refractivity contribution in [3.8, 4) is 11.5 Å². The van der Waals surface area contributed by atoms with Crippen LogP contribution in [-0.2, 0) is 0 Å². The largest absolute Gasteiger partial charge is 0.454 e. The van der Waals surface area contributed by atoms with E-state index < -0.39 is 5.56 Å². The second-order valence-electron chi connectivity index (χ2n) is 4.04. The van der Waals surface area contributed by atoms with E-state index in [1.807, 2.05) is 12.1 Å². The molecular weight excluding hydrogens is 280 g/mol. The number of hydrogen-bond acceptors (Lipinski definition) is 6. The van der Waals surface area contributed by atoms with Gasteiger partial charge in [-0.25, -0.2) is 0 Å². The van der Waals surface area contributed by atoms with Gasteiger partial charge in [0.25, 0.3) is 5.56 Å². The highest BCUT2D eigenvalue weighted by Crippen LogP contribution is 2.32. The predicted molar refractivity (Wildman–Crippen MR) is 75.3 cm³/mol. The molecule has 1 aliphatic rings. The molecule has 102 valence electrons. The number of nitrogens with one attached hydrogen (secondary N) is 1. The Kier molecular flexibility index (Phi) is 2.99. The Balaban J connectivity index is 1.93. The monoisotopic (exact) mass is 290 g/mol. The highest BCUT2D eigenvalue weighted by molar-refractivity contribution is 7.71. The highest BCUT2D eigenvalue weighted by Gasteiger charge is 2.12. The zero-order valence-electron chi connectivity index (χ0n) is 10.2. The molecule has 20 heavy (non-hydrogen) atoms. The Morgan fingerprint density at radius 2 is 2.15 bits per heavy atom. The second kappa shape index (κ2) is 4.82. The van der Waals surface area contributed by atoms with Gasteiger partial charge in [-0.05, 0) is 36.0 Å². The van der Waals surface area contributed by atoms with Crippen LogP contribution in [0.2, 0.25) is 0 Å². The number of H-pyrrole nitrogens is 1. The summed E-state index contributed by atoms with van der Waals surface area (Å²) in [4.78, 5) is 11.8. The molecule has 3 N–H and O–H groups in total. The first kappa shape index (κ1) is 12.4. The van der Waals surface area contributed by atoms with Gasteiger partial charge in [0.05, 0.1) is 0 Å². The van der Waals surface area contributed by atoms with E-state index in [0.717, 1.165) is 10.2 Å². The lowest BCUT2D eigenvalue weighted by Gasteiger charge is -1.99. The zero-order chi connectivity index (χ0) is 14.1. The Morgan fingerprint density at radius 1 is 1.35 bits per heavy atom. The van der Waals surface area contributed by atoms with Crippen LogP contribution >= 0.6 is 12.2 Å². The Labute approximate surface area is 118 Å². The SMILES string of the molecule is Nn1c(=S)[nH]nc(C=Cc2ccc3c(c2)OCO3)c1=O. The molecule has 0 saturated heterocycles. The molecule has 8 heteroatoms. The molecule has 0 fully saturated rings. The van der Waals surface area contributed by atoms with Crippen molar-refractivity contribution in [2.45, 2.75) is 0 Å². The van der Waals surface area contributed by atoms with Crippen LogP contribution in [-0.4, -0.2) is 21.7 Å². The van der Waals surface area contributed by atoms with Crippen molar-refractivity contribution in [3.05, 3.63) is 44.6 Å². The van der Waals surface area contributed by atoms with Crippen molar-refractivity contribution < 1.29 is 9.47 Å². The summed E-state index contributed by atoms with van der Waals surface area (Å²) in [7, 11) is 0. The molecule has 1 aliphatic heterocycles. The van der Waals surface area contributed by atoms with E-state index in [1.165, 1.54) is 0 Å². The molecule has 7 nitrogen and oxygen atoms in total. The molecule has 0 unspecified atom stereocenters. The number of aromatic amines is 1. The molecule has 1 aromatic carbocycles. The van der Waals surface area contributed by atoms with Crippen molar-refractivity contribution in [3.63, 3.8) is 0 Å². The Hall–Kier alpha value is -2.61. The lowest BCUT2D eigenvalue weighted by Crippen LogP contribution is -2.31. The summed E-state index contributed by atoms with van der Waals surface area (Å²) in [5, 5.41) is 6.33. The van der Waals surface area contributed by atoms with Gasteiger partial charge in [0.1, 0.15) is 0 Å². The fourth-order valence-electron chi connectivity index (χ4n) is 1.73. The number of nitrogens with two attached hydrogens (primary N) is 1. The van der Waals surface area contributed by atoms with Crippen LogP contribution in [0.4, 0.5) is 0 Å². The van der Waals surface area contributed by atoms with Gasteiger partial charge in [-0.15, -0.1) is 0 Å². The summed E-state index contributed by atoms with van der Waals surface area (Å²) in [5.74, 6) is 6.86. The van der Waals surface area contributed by atoms with Crippen LogP contribution in [0.15, 0.2) is 23.0 Å². The molecule has 0 spiro atoms. The lowest BCUT2D eigenvalue weighted by molar-refractivity contribution is 0.174. The summed E-state index contributed by atoms with van der Waals surface area (Å²) < 4.78 is 11.4. The maximum absolute atomic E-state index is 11.8. The van der Waals surface area contributed by atoms with Gasteiger partial charge in [0, 0.05) is 0 Å². The molecule has 2 aromatic rings. The zero-order valence-corrected chi connectivity index (χ0v) is 11.0.